The molecule has 88 valence electrons. The zero-order valence-electron chi connectivity index (χ0n) is 8.11. The van der Waals surface area contributed by atoms with Gasteiger partial charge in [0.05, 0.1) is 6.61 Å². The third kappa shape index (κ3) is 2.64. The quantitative estimate of drug-likeness (QED) is 0.377. The van der Waals surface area contributed by atoms with E-state index in [0.717, 1.165) is 6.92 Å². The van der Waals surface area contributed by atoms with E-state index >= 15 is 0 Å². The van der Waals surface area contributed by atoms with E-state index in [-0.39, 0.29) is 0 Å². The number of esters is 1. The highest BCUT2D eigenvalue weighted by molar-refractivity contribution is 5.66. The summed E-state index contributed by atoms with van der Waals surface area (Å²) in [6.07, 6.45) is -6.91. The average molecular weight is 222 g/mol. The number of aliphatic hydroxyl groups excluding tert-OH is 4. The smallest absolute Gasteiger partial charge is 0.303 e. The van der Waals surface area contributed by atoms with Gasteiger partial charge in [-0.2, -0.15) is 0 Å². The van der Waals surface area contributed by atoms with Crippen LogP contribution < -0.4 is 0 Å². The van der Waals surface area contributed by atoms with Crippen molar-refractivity contribution in [2.45, 2.75) is 37.6 Å². The first-order valence-corrected chi connectivity index (χ1v) is 4.45. The molecule has 7 nitrogen and oxygen atoms in total. The molecule has 0 bridgehead atoms. The number of hydrogen-bond donors (Lipinski definition) is 4. The third-order valence-electron chi connectivity index (χ3n) is 2.14. The lowest BCUT2D eigenvalue weighted by molar-refractivity contribution is -0.290. The lowest BCUT2D eigenvalue weighted by Crippen LogP contribution is -2.59. The van der Waals surface area contributed by atoms with Gasteiger partial charge in [0.2, 0.25) is 0 Å². The molecule has 1 aliphatic heterocycles. The van der Waals surface area contributed by atoms with Gasteiger partial charge < -0.3 is 29.9 Å². The summed E-state index contributed by atoms with van der Waals surface area (Å²) >= 11 is 0. The topological polar surface area (TPSA) is 116 Å². The molecule has 5 atom stereocenters. The maximum atomic E-state index is 10.6. The van der Waals surface area contributed by atoms with Crippen LogP contribution in [0.1, 0.15) is 6.92 Å². The van der Waals surface area contributed by atoms with Gasteiger partial charge in [-0.05, 0) is 0 Å². The van der Waals surface area contributed by atoms with Crippen LogP contribution >= 0.6 is 0 Å². The molecule has 7 heteroatoms. The Morgan fingerprint density at radius 2 is 1.93 bits per heavy atom. The van der Waals surface area contributed by atoms with Crippen LogP contribution in [0, 0.1) is 0 Å². The second kappa shape index (κ2) is 4.86. The van der Waals surface area contributed by atoms with Crippen molar-refractivity contribution in [3.8, 4) is 0 Å². The first-order valence-electron chi connectivity index (χ1n) is 4.45. The van der Waals surface area contributed by atoms with Gasteiger partial charge in [0, 0.05) is 6.92 Å². The van der Waals surface area contributed by atoms with Crippen molar-refractivity contribution in [1.29, 1.82) is 0 Å². The van der Waals surface area contributed by atoms with E-state index in [0.29, 0.717) is 0 Å². The number of carbonyl (C=O) groups is 1. The molecule has 0 radical (unpaired) electrons. The minimum atomic E-state index is -1.57. The second-order valence-electron chi connectivity index (χ2n) is 3.30. The Hall–Kier alpha value is -0.730. The molecule has 1 fully saturated rings. The number of rotatable bonds is 2. The molecule has 1 saturated heterocycles. The van der Waals surface area contributed by atoms with Gasteiger partial charge in [-0.15, -0.1) is 0 Å². The van der Waals surface area contributed by atoms with Gasteiger partial charge >= 0.3 is 5.97 Å². The molecule has 0 unspecified atom stereocenters. The van der Waals surface area contributed by atoms with Gasteiger partial charge in [-0.3, -0.25) is 4.79 Å². The molecule has 0 aliphatic carbocycles. The molecule has 0 saturated carbocycles. The predicted octanol–water partition coefficient (Wildman–Crippen LogP) is -2.65. The Morgan fingerprint density at radius 1 is 1.33 bits per heavy atom. The number of hydrogen-bond acceptors (Lipinski definition) is 7. The lowest BCUT2D eigenvalue weighted by Gasteiger charge is -2.39. The lowest BCUT2D eigenvalue weighted by atomic mass is 9.99. The zero-order chi connectivity index (χ0) is 11.6. The van der Waals surface area contributed by atoms with E-state index in [2.05, 4.69) is 4.74 Å². The van der Waals surface area contributed by atoms with Crippen molar-refractivity contribution in [1.82, 2.24) is 0 Å². The van der Waals surface area contributed by atoms with Crippen LogP contribution in [-0.4, -0.2) is 63.7 Å². The Bertz CT molecular complexity index is 231. The molecule has 0 amide bonds. The molecule has 0 aromatic rings. The molecule has 1 rings (SSSR count). The third-order valence-corrected chi connectivity index (χ3v) is 2.14. The maximum absolute atomic E-state index is 10.6. The summed E-state index contributed by atoms with van der Waals surface area (Å²) in [6, 6.07) is 0. The highest BCUT2D eigenvalue weighted by atomic mass is 16.7. The van der Waals surface area contributed by atoms with Crippen LogP contribution in [0.5, 0.6) is 0 Å². The van der Waals surface area contributed by atoms with Gasteiger partial charge in [0.1, 0.15) is 18.3 Å². The summed E-state index contributed by atoms with van der Waals surface area (Å²) in [6.45, 7) is 0.548. The fourth-order valence-electron chi connectivity index (χ4n) is 1.39. The minimum Gasteiger partial charge on any atom is -0.454 e. The Labute approximate surface area is 85.9 Å². The van der Waals surface area contributed by atoms with Crippen molar-refractivity contribution >= 4 is 5.97 Å². The normalized spacial score (nSPS) is 41.3. The van der Waals surface area contributed by atoms with Crippen molar-refractivity contribution in [2.75, 3.05) is 6.61 Å². The van der Waals surface area contributed by atoms with Crippen molar-refractivity contribution < 1.29 is 34.7 Å². The van der Waals surface area contributed by atoms with Crippen LogP contribution in [0.2, 0.25) is 0 Å². The first kappa shape index (κ1) is 12.3. The predicted molar refractivity (Wildman–Crippen MR) is 45.5 cm³/mol. The number of ether oxygens (including phenoxy) is 2. The standard InChI is InChI=1S/C8H14O7/c1-3(10)14-7-6(12)5(11)4(2-9)15-8(7)13/h4-9,11-13H,2H2,1H3/t4-,5-,6+,7-,8-/m0/s1. The van der Waals surface area contributed by atoms with E-state index < -0.39 is 43.3 Å². The SMILES string of the molecule is CC(=O)O[C@H]1[C@H](O)[C@@H](O)[C@H](CO)O[C@@H]1O. The van der Waals surface area contributed by atoms with Crippen molar-refractivity contribution in [3.63, 3.8) is 0 Å². The van der Waals surface area contributed by atoms with Gasteiger partial charge in [0.15, 0.2) is 12.4 Å². The largest absolute Gasteiger partial charge is 0.454 e. The Morgan fingerprint density at radius 3 is 2.40 bits per heavy atom. The van der Waals surface area contributed by atoms with E-state index in [1.165, 1.54) is 0 Å². The average Bonchev–Trinajstić information content (AvgIpc) is 2.18. The van der Waals surface area contributed by atoms with Crippen molar-refractivity contribution in [2.24, 2.45) is 0 Å². The van der Waals surface area contributed by atoms with Crippen LogP contribution in [0.25, 0.3) is 0 Å². The van der Waals surface area contributed by atoms with Gasteiger partial charge in [0.25, 0.3) is 0 Å². The highest BCUT2D eigenvalue weighted by Gasteiger charge is 2.45. The fourth-order valence-corrected chi connectivity index (χ4v) is 1.39. The summed E-state index contributed by atoms with van der Waals surface area (Å²) in [4.78, 5) is 10.6. The van der Waals surface area contributed by atoms with E-state index in [1.54, 1.807) is 0 Å². The van der Waals surface area contributed by atoms with Gasteiger partial charge in [-0.25, -0.2) is 0 Å². The minimum absolute atomic E-state index is 0.553. The number of aliphatic hydroxyl groups is 4. The molecule has 1 heterocycles. The molecule has 4 N–H and O–H groups in total. The molecule has 0 aromatic heterocycles. The van der Waals surface area contributed by atoms with E-state index in [1.807, 2.05) is 0 Å². The van der Waals surface area contributed by atoms with Crippen LogP contribution in [0.3, 0.4) is 0 Å². The molecule has 0 aromatic carbocycles. The molecule has 0 spiro atoms. The molecule has 1 aliphatic rings. The summed E-state index contributed by atoms with van der Waals surface area (Å²) in [5, 5.41) is 37.0. The summed E-state index contributed by atoms with van der Waals surface area (Å²) in [5.74, 6) is -0.712. The summed E-state index contributed by atoms with van der Waals surface area (Å²) in [5.41, 5.74) is 0. The molecular weight excluding hydrogens is 208 g/mol. The van der Waals surface area contributed by atoms with Crippen LogP contribution in [0.15, 0.2) is 0 Å². The number of carbonyl (C=O) groups excluding carboxylic acids is 1. The summed E-state index contributed by atoms with van der Waals surface area (Å²) in [7, 11) is 0. The monoisotopic (exact) mass is 222 g/mol. The maximum Gasteiger partial charge on any atom is 0.303 e. The Kier molecular flexibility index (Phi) is 4.00. The van der Waals surface area contributed by atoms with Crippen molar-refractivity contribution in [3.05, 3.63) is 0 Å². The zero-order valence-corrected chi connectivity index (χ0v) is 8.11. The van der Waals surface area contributed by atoms with Crippen LogP contribution in [0.4, 0.5) is 0 Å². The fraction of sp³-hybridized carbons (Fsp3) is 0.875. The molecule has 15 heavy (non-hydrogen) atoms. The van der Waals surface area contributed by atoms with E-state index in [4.69, 9.17) is 9.84 Å². The van der Waals surface area contributed by atoms with Gasteiger partial charge in [-0.1, -0.05) is 0 Å². The highest BCUT2D eigenvalue weighted by Crippen LogP contribution is 2.22. The summed E-state index contributed by atoms with van der Waals surface area (Å²) < 4.78 is 9.32. The Balaban J connectivity index is 2.70. The van der Waals surface area contributed by atoms with Crippen LogP contribution in [-0.2, 0) is 14.3 Å². The first-order chi connectivity index (χ1) is 6.97. The second-order valence-corrected chi connectivity index (χ2v) is 3.30. The molecular formula is C8H14O7. The van der Waals surface area contributed by atoms with E-state index in [9.17, 15) is 20.1 Å².